The molecule has 2 aliphatic rings. The zero-order chi connectivity index (χ0) is 21.8. The van der Waals surface area contributed by atoms with E-state index in [2.05, 4.69) is 14.8 Å². The van der Waals surface area contributed by atoms with Crippen molar-refractivity contribution in [1.82, 2.24) is 19.7 Å². The molecular formula is C19H22F5N5O. The monoisotopic (exact) mass is 431 g/mol. The van der Waals surface area contributed by atoms with Crippen LogP contribution in [-0.4, -0.2) is 52.1 Å². The van der Waals surface area contributed by atoms with Crippen LogP contribution >= 0.6 is 0 Å². The van der Waals surface area contributed by atoms with Crippen LogP contribution in [0.4, 0.5) is 27.8 Å². The first-order chi connectivity index (χ1) is 14.0. The Morgan fingerprint density at radius 3 is 2.43 bits per heavy atom. The van der Waals surface area contributed by atoms with Gasteiger partial charge in [0.15, 0.2) is 11.6 Å². The van der Waals surface area contributed by atoms with Gasteiger partial charge in [0.2, 0.25) is 0 Å². The zero-order valence-electron chi connectivity index (χ0n) is 16.4. The summed E-state index contributed by atoms with van der Waals surface area (Å²) in [5, 5.41) is 4.60. The Bertz CT molecular complexity index is 917. The first-order valence-corrected chi connectivity index (χ1v) is 9.62. The number of nitrogen functional groups attached to an aromatic ring is 1. The van der Waals surface area contributed by atoms with Crippen molar-refractivity contribution in [2.45, 2.75) is 38.6 Å². The number of anilines is 1. The number of piperidine rings is 1. The molecular weight excluding hydrogens is 409 g/mol. The number of ether oxygens (including phenoxy) is 1. The number of aromatic nitrogens is 3. The molecule has 2 atom stereocenters. The molecule has 0 spiro atoms. The van der Waals surface area contributed by atoms with Crippen molar-refractivity contribution in [2.75, 3.05) is 25.4 Å². The summed E-state index contributed by atoms with van der Waals surface area (Å²) in [5.41, 5.74) is 7.54. The van der Waals surface area contributed by atoms with Crippen LogP contribution in [0.25, 0.3) is 11.3 Å². The van der Waals surface area contributed by atoms with Crippen molar-refractivity contribution in [3.05, 3.63) is 24.0 Å². The molecule has 30 heavy (non-hydrogen) atoms. The van der Waals surface area contributed by atoms with Crippen LogP contribution in [-0.2, 0) is 0 Å². The third kappa shape index (κ3) is 4.07. The first-order valence-electron chi connectivity index (χ1n) is 9.62. The fourth-order valence-corrected chi connectivity index (χ4v) is 4.43. The van der Waals surface area contributed by atoms with Crippen LogP contribution in [0.2, 0.25) is 0 Å². The highest BCUT2D eigenvalue weighted by Crippen LogP contribution is 2.59. The minimum absolute atomic E-state index is 0.0277. The van der Waals surface area contributed by atoms with E-state index in [0.717, 1.165) is 5.69 Å². The Balaban J connectivity index is 1.56. The van der Waals surface area contributed by atoms with Gasteiger partial charge in [0.05, 0.1) is 12.2 Å². The van der Waals surface area contributed by atoms with Gasteiger partial charge in [-0.2, -0.15) is 27.1 Å². The highest BCUT2D eigenvalue weighted by atomic mass is 19.4. The lowest BCUT2D eigenvalue weighted by molar-refractivity contribution is -0.144. The van der Waals surface area contributed by atoms with Crippen LogP contribution in [0.15, 0.2) is 18.3 Å². The number of hydrogen-bond donors (Lipinski definition) is 1. The lowest BCUT2D eigenvalue weighted by Crippen LogP contribution is -2.34. The summed E-state index contributed by atoms with van der Waals surface area (Å²) in [7, 11) is 0. The molecule has 0 radical (unpaired) electrons. The van der Waals surface area contributed by atoms with Gasteiger partial charge < -0.3 is 10.5 Å². The summed E-state index contributed by atoms with van der Waals surface area (Å²) >= 11 is 0. The predicted octanol–water partition coefficient (Wildman–Crippen LogP) is 3.92. The smallest absolute Gasteiger partial charge is 0.401 e. The third-order valence-corrected chi connectivity index (χ3v) is 5.66. The average molecular weight is 431 g/mol. The molecule has 3 heterocycles. The number of halogens is 5. The molecule has 4 rings (SSSR count). The summed E-state index contributed by atoms with van der Waals surface area (Å²) in [6.07, 6.45) is -2.76. The Morgan fingerprint density at radius 1 is 1.20 bits per heavy atom. The van der Waals surface area contributed by atoms with Gasteiger partial charge in [0.25, 0.3) is 0 Å². The number of fused-ring (bicyclic) bond motifs is 1. The average Bonchev–Trinajstić information content (AvgIpc) is 2.97. The van der Waals surface area contributed by atoms with Gasteiger partial charge in [-0.3, -0.25) is 9.58 Å². The van der Waals surface area contributed by atoms with Crippen LogP contribution in [0.5, 0.6) is 5.75 Å². The van der Waals surface area contributed by atoms with E-state index in [-0.39, 0.29) is 35.4 Å². The molecule has 1 aliphatic heterocycles. The molecule has 0 bridgehead atoms. The molecule has 2 fully saturated rings. The molecule has 2 N–H and O–H groups in total. The molecule has 0 aromatic carbocycles. The fraction of sp³-hybridized carbons (Fsp3) is 0.579. The van der Waals surface area contributed by atoms with Crippen molar-refractivity contribution in [3.63, 3.8) is 0 Å². The van der Waals surface area contributed by atoms with Gasteiger partial charge in [-0.25, -0.2) is 4.98 Å². The summed E-state index contributed by atoms with van der Waals surface area (Å²) in [5.74, 6) is 0.0864. The maximum atomic E-state index is 12.6. The normalized spacial score (nSPS) is 24.0. The molecule has 1 saturated carbocycles. The number of alkyl halides is 5. The van der Waals surface area contributed by atoms with E-state index in [1.54, 1.807) is 0 Å². The molecule has 6 nitrogen and oxygen atoms in total. The summed E-state index contributed by atoms with van der Waals surface area (Å²) < 4.78 is 69.4. The zero-order valence-corrected chi connectivity index (χ0v) is 16.4. The lowest BCUT2D eigenvalue weighted by Gasteiger charge is -2.21. The maximum absolute atomic E-state index is 12.6. The Hall–Kier alpha value is -2.43. The van der Waals surface area contributed by atoms with E-state index in [0.29, 0.717) is 24.3 Å². The molecule has 11 heteroatoms. The molecule has 1 aliphatic carbocycles. The molecule has 2 aromatic rings. The Kier molecular flexibility index (Phi) is 5.11. The van der Waals surface area contributed by atoms with Gasteiger partial charge in [0.1, 0.15) is 0 Å². The van der Waals surface area contributed by atoms with Crippen molar-refractivity contribution < 1.29 is 26.7 Å². The van der Waals surface area contributed by atoms with Crippen LogP contribution in [0.1, 0.15) is 31.5 Å². The van der Waals surface area contributed by atoms with E-state index in [4.69, 9.17) is 5.73 Å². The van der Waals surface area contributed by atoms with Gasteiger partial charge in [-0.1, -0.05) is 0 Å². The molecule has 164 valence electrons. The van der Waals surface area contributed by atoms with Crippen LogP contribution < -0.4 is 10.5 Å². The number of pyridine rings is 1. The van der Waals surface area contributed by atoms with Crippen LogP contribution in [0, 0.1) is 11.8 Å². The maximum Gasteiger partial charge on any atom is 0.401 e. The Morgan fingerprint density at radius 2 is 1.87 bits per heavy atom. The number of nitrogens with two attached hydrogens (primary N) is 1. The second kappa shape index (κ2) is 7.36. The second-order valence-corrected chi connectivity index (χ2v) is 8.14. The van der Waals surface area contributed by atoms with Crippen molar-refractivity contribution in [1.29, 1.82) is 0 Å². The highest BCUT2D eigenvalue weighted by molar-refractivity contribution is 5.64. The quantitative estimate of drug-likeness (QED) is 0.703. The topological polar surface area (TPSA) is 69.2 Å². The number of nitrogens with zero attached hydrogens (tertiary/aromatic N) is 4. The summed E-state index contributed by atoms with van der Waals surface area (Å²) in [6.45, 7) is 0.818. The first kappa shape index (κ1) is 20.8. The number of rotatable bonds is 6. The SMILES string of the molecule is CC(C)n1nc(-c2cnc(N)c(OC(F)F)c2)cc1C1C2CN(CC(F)(F)F)CC21. The predicted molar refractivity (Wildman–Crippen MR) is 99.1 cm³/mol. The lowest BCUT2D eigenvalue weighted by atomic mass is 10.1. The van der Waals surface area contributed by atoms with E-state index in [9.17, 15) is 22.0 Å². The summed E-state index contributed by atoms with van der Waals surface area (Å²) in [6, 6.07) is 3.25. The third-order valence-electron chi connectivity index (χ3n) is 5.66. The van der Waals surface area contributed by atoms with Crippen molar-refractivity contribution in [3.8, 4) is 17.0 Å². The van der Waals surface area contributed by atoms with E-state index in [1.165, 1.54) is 17.2 Å². The van der Waals surface area contributed by atoms with E-state index >= 15 is 0 Å². The largest absolute Gasteiger partial charge is 0.431 e. The van der Waals surface area contributed by atoms with E-state index < -0.39 is 19.3 Å². The molecule has 1 saturated heterocycles. The van der Waals surface area contributed by atoms with Crippen molar-refractivity contribution in [2.24, 2.45) is 11.8 Å². The van der Waals surface area contributed by atoms with Crippen molar-refractivity contribution >= 4 is 5.82 Å². The number of hydrogen-bond acceptors (Lipinski definition) is 5. The van der Waals surface area contributed by atoms with Gasteiger partial charge >= 0.3 is 12.8 Å². The van der Waals surface area contributed by atoms with Gasteiger partial charge in [-0.15, -0.1) is 0 Å². The molecule has 2 unspecified atom stereocenters. The molecule has 0 amide bonds. The minimum Gasteiger partial charge on any atom is -0.431 e. The highest BCUT2D eigenvalue weighted by Gasteiger charge is 2.58. The van der Waals surface area contributed by atoms with Crippen LogP contribution in [0.3, 0.4) is 0 Å². The fourth-order valence-electron chi connectivity index (χ4n) is 4.43. The Labute approximate surface area is 169 Å². The van der Waals surface area contributed by atoms with E-state index in [1.807, 2.05) is 24.6 Å². The van der Waals surface area contributed by atoms with Gasteiger partial charge in [0, 0.05) is 42.5 Å². The number of likely N-dealkylation sites (tertiary alicyclic amines) is 1. The minimum atomic E-state index is -4.20. The molecule has 2 aromatic heterocycles. The standard InChI is InChI=1S/C19H22F5N5O/c1-9(2)29-14(16-11-6-28(7-12(11)16)8-19(22,23)24)4-13(27-29)10-3-15(30-18(20)21)17(25)26-5-10/h3-5,9,11-12,16,18H,6-8H2,1-2H3,(H2,25,26). The summed E-state index contributed by atoms with van der Waals surface area (Å²) in [4.78, 5) is 5.36. The van der Waals surface area contributed by atoms with Gasteiger partial charge in [-0.05, 0) is 37.8 Å². The second-order valence-electron chi connectivity index (χ2n) is 8.14.